The molecule has 0 bridgehead atoms. The van der Waals surface area contributed by atoms with Crippen LogP contribution in [0.4, 0.5) is 0 Å². The molecule has 1 aromatic carbocycles. The minimum Gasteiger partial charge on any atom is -0.494 e. The van der Waals surface area contributed by atoms with Gasteiger partial charge >= 0.3 is 5.69 Å². The Morgan fingerprint density at radius 2 is 2.12 bits per heavy atom. The van der Waals surface area contributed by atoms with Gasteiger partial charge in [-0.1, -0.05) is 13.3 Å². The first kappa shape index (κ1) is 11.4. The minimum atomic E-state index is -0.357. The van der Waals surface area contributed by atoms with Gasteiger partial charge < -0.3 is 4.74 Å². The standard InChI is InChI=1S/C11H14N4O2/c1-2-3-8-17-10-6-4-9(5-7-10)15-11(16)12-13-14-15/h4-7H,2-3,8H2,1H3,(H,12,14,16). The molecule has 6 nitrogen and oxygen atoms in total. The fourth-order valence-electron chi connectivity index (χ4n) is 1.38. The zero-order valence-corrected chi connectivity index (χ0v) is 9.59. The van der Waals surface area contributed by atoms with Crippen molar-refractivity contribution in [1.82, 2.24) is 20.2 Å². The van der Waals surface area contributed by atoms with Crippen LogP contribution in [0.5, 0.6) is 5.75 Å². The van der Waals surface area contributed by atoms with E-state index < -0.39 is 0 Å². The molecule has 0 unspecified atom stereocenters. The molecule has 0 saturated heterocycles. The van der Waals surface area contributed by atoms with Crippen molar-refractivity contribution < 1.29 is 4.74 Å². The van der Waals surface area contributed by atoms with Gasteiger partial charge in [0, 0.05) is 0 Å². The first-order valence-electron chi connectivity index (χ1n) is 5.55. The van der Waals surface area contributed by atoms with Gasteiger partial charge in [-0.15, -0.1) is 0 Å². The fraction of sp³-hybridized carbons (Fsp3) is 0.364. The molecule has 0 amide bonds. The Morgan fingerprint density at radius 3 is 2.71 bits per heavy atom. The summed E-state index contributed by atoms with van der Waals surface area (Å²) < 4.78 is 6.71. The molecule has 2 rings (SSSR count). The third-order valence-corrected chi connectivity index (χ3v) is 2.32. The Kier molecular flexibility index (Phi) is 3.54. The van der Waals surface area contributed by atoms with E-state index in [9.17, 15) is 4.79 Å². The molecule has 90 valence electrons. The average Bonchev–Trinajstić information content (AvgIpc) is 2.77. The number of benzene rings is 1. The van der Waals surface area contributed by atoms with E-state index in [4.69, 9.17) is 4.74 Å². The van der Waals surface area contributed by atoms with Crippen molar-refractivity contribution in [3.8, 4) is 11.4 Å². The van der Waals surface area contributed by atoms with Crippen LogP contribution in [0.3, 0.4) is 0 Å². The third-order valence-electron chi connectivity index (χ3n) is 2.32. The summed E-state index contributed by atoms with van der Waals surface area (Å²) in [5.41, 5.74) is 0.302. The van der Waals surface area contributed by atoms with Gasteiger partial charge in [-0.05, 0) is 41.1 Å². The summed E-state index contributed by atoms with van der Waals surface area (Å²) >= 11 is 0. The number of rotatable bonds is 5. The first-order valence-corrected chi connectivity index (χ1v) is 5.55. The summed E-state index contributed by atoms with van der Waals surface area (Å²) in [6.45, 7) is 2.82. The van der Waals surface area contributed by atoms with E-state index in [0.717, 1.165) is 18.6 Å². The molecule has 1 heterocycles. The van der Waals surface area contributed by atoms with Crippen LogP contribution in [0.1, 0.15) is 19.8 Å². The highest BCUT2D eigenvalue weighted by molar-refractivity contribution is 5.36. The fourth-order valence-corrected chi connectivity index (χ4v) is 1.38. The second kappa shape index (κ2) is 5.29. The number of nitrogens with one attached hydrogen (secondary N) is 1. The second-order valence-corrected chi connectivity index (χ2v) is 3.61. The molecule has 0 aliphatic rings. The topological polar surface area (TPSA) is 72.8 Å². The van der Waals surface area contributed by atoms with Gasteiger partial charge in [-0.3, -0.25) is 0 Å². The molecule has 0 radical (unpaired) electrons. The molecule has 1 N–H and O–H groups in total. The van der Waals surface area contributed by atoms with E-state index in [-0.39, 0.29) is 5.69 Å². The largest absolute Gasteiger partial charge is 0.494 e. The number of tetrazole rings is 1. The molecule has 0 aliphatic heterocycles. The SMILES string of the molecule is CCCCOc1ccc(-n2nn[nH]c2=O)cc1. The van der Waals surface area contributed by atoms with E-state index in [1.54, 1.807) is 12.1 Å². The van der Waals surface area contributed by atoms with Crippen molar-refractivity contribution in [3.63, 3.8) is 0 Å². The maximum atomic E-state index is 11.3. The van der Waals surface area contributed by atoms with Gasteiger partial charge in [0.25, 0.3) is 0 Å². The molecule has 0 fully saturated rings. The lowest BCUT2D eigenvalue weighted by Crippen LogP contribution is -2.15. The average molecular weight is 234 g/mol. The van der Waals surface area contributed by atoms with Crippen molar-refractivity contribution in [2.24, 2.45) is 0 Å². The van der Waals surface area contributed by atoms with Crippen molar-refractivity contribution in [2.75, 3.05) is 6.61 Å². The van der Waals surface area contributed by atoms with Crippen LogP contribution in [-0.4, -0.2) is 26.8 Å². The quantitative estimate of drug-likeness (QED) is 0.787. The number of unbranched alkanes of at least 4 members (excludes halogenated alkanes) is 1. The van der Waals surface area contributed by atoms with Crippen LogP contribution >= 0.6 is 0 Å². The highest BCUT2D eigenvalue weighted by Crippen LogP contribution is 2.13. The molecule has 1 aromatic heterocycles. The summed E-state index contributed by atoms with van der Waals surface area (Å²) in [6, 6.07) is 7.16. The van der Waals surface area contributed by atoms with Gasteiger partial charge in [0.1, 0.15) is 5.75 Å². The highest BCUT2D eigenvalue weighted by atomic mass is 16.5. The smallest absolute Gasteiger partial charge is 0.365 e. The summed E-state index contributed by atoms with van der Waals surface area (Å²) in [6.07, 6.45) is 2.14. The summed E-state index contributed by atoms with van der Waals surface area (Å²) in [5.74, 6) is 0.791. The molecular formula is C11H14N4O2. The highest BCUT2D eigenvalue weighted by Gasteiger charge is 2.02. The molecule has 6 heteroatoms. The Hall–Kier alpha value is -2.11. The van der Waals surface area contributed by atoms with E-state index in [1.165, 1.54) is 4.68 Å². The van der Waals surface area contributed by atoms with Crippen LogP contribution < -0.4 is 10.4 Å². The van der Waals surface area contributed by atoms with Gasteiger partial charge in [-0.2, -0.15) is 4.68 Å². The molecule has 0 saturated carbocycles. The number of hydrogen-bond acceptors (Lipinski definition) is 4. The molecule has 17 heavy (non-hydrogen) atoms. The molecule has 2 aromatic rings. The van der Waals surface area contributed by atoms with Gasteiger partial charge in [0.05, 0.1) is 12.3 Å². The van der Waals surface area contributed by atoms with Gasteiger partial charge in [-0.25, -0.2) is 9.89 Å². The molecule has 0 spiro atoms. The van der Waals surface area contributed by atoms with E-state index in [2.05, 4.69) is 22.4 Å². The third kappa shape index (κ3) is 2.72. The Labute approximate surface area is 98.2 Å². The number of nitrogens with zero attached hydrogens (tertiary/aromatic N) is 3. The van der Waals surface area contributed by atoms with E-state index in [1.807, 2.05) is 12.1 Å². The Morgan fingerprint density at radius 1 is 1.35 bits per heavy atom. The second-order valence-electron chi connectivity index (χ2n) is 3.61. The number of aromatic amines is 1. The predicted octanol–water partition coefficient (Wildman–Crippen LogP) is 1.13. The predicted molar refractivity (Wildman–Crippen MR) is 62.4 cm³/mol. The van der Waals surface area contributed by atoms with Crippen LogP contribution in [-0.2, 0) is 0 Å². The lowest BCUT2D eigenvalue weighted by Gasteiger charge is -2.05. The van der Waals surface area contributed by atoms with Crippen molar-refractivity contribution >= 4 is 0 Å². The number of hydrogen-bond donors (Lipinski definition) is 1. The Bertz CT molecular complexity index is 515. The minimum absolute atomic E-state index is 0.357. The summed E-state index contributed by atoms with van der Waals surface area (Å²) in [4.78, 5) is 11.3. The lowest BCUT2D eigenvalue weighted by molar-refractivity contribution is 0.309. The first-order chi connectivity index (χ1) is 8.31. The van der Waals surface area contributed by atoms with Crippen LogP contribution in [0.25, 0.3) is 5.69 Å². The maximum Gasteiger partial charge on any atom is 0.365 e. The Balaban J connectivity index is 2.08. The monoisotopic (exact) mass is 234 g/mol. The molecular weight excluding hydrogens is 220 g/mol. The van der Waals surface area contributed by atoms with Crippen LogP contribution in [0.2, 0.25) is 0 Å². The summed E-state index contributed by atoms with van der Waals surface area (Å²) in [5, 5.41) is 9.31. The zero-order valence-electron chi connectivity index (χ0n) is 9.59. The number of ether oxygens (including phenoxy) is 1. The van der Waals surface area contributed by atoms with Crippen LogP contribution in [0, 0.1) is 0 Å². The van der Waals surface area contributed by atoms with Crippen LogP contribution in [0.15, 0.2) is 29.1 Å². The van der Waals surface area contributed by atoms with E-state index in [0.29, 0.717) is 12.3 Å². The zero-order chi connectivity index (χ0) is 12.1. The van der Waals surface area contributed by atoms with E-state index >= 15 is 0 Å². The van der Waals surface area contributed by atoms with Crippen molar-refractivity contribution in [1.29, 1.82) is 0 Å². The van der Waals surface area contributed by atoms with Gasteiger partial charge in [0.15, 0.2) is 0 Å². The number of H-pyrrole nitrogens is 1. The normalized spacial score (nSPS) is 10.4. The van der Waals surface area contributed by atoms with Crippen molar-refractivity contribution in [2.45, 2.75) is 19.8 Å². The molecule has 0 aliphatic carbocycles. The number of aromatic nitrogens is 4. The summed E-state index contributed by atoms with van der Waals surface area (Å²) in [7, 11) is 0. The van der Waals surface area contributed by atoms with Crippen molar-refractivity contribution in [3.05, 3.63) is 34.7 Å². The lowest BCUT2D eigenvalue weighted by atomic mass is 10.3. The van der Waals surface area contributed by atoms with Gasteiger partial charge in [0.2, 0.25) is 0 Å². The maximum absolute atomic E-state index is 11.3. The molecule has 0 atom stereocenters.